The first-order valence-corrected chi connectivity index (χ1v) is 10.5. The summed E-state index contributed by atoms with van der Waals surface area (Å²) < 4.78 is 5.77. The Kier molecular flexibility index (Phi) is 5.94. The highest BCUT2D eigenvalue weighted by Crippen LogP contribution is 2.27. The quantitative estimate of drug-likeness (QED) is 0.580. The summed E-state index contributed by atoms with van der Waals surface area (Å²) in [5, 5.41) is 15.1. The van der Waals surface area contributed by atoms with Crippen LogP contribution in [0.2, 0.25) is 0 Å². The SMILES string of the molecule is CC(C)Oc1ccc(C#N)cc1NC(=O)NC1CCCN(c2nc3ccccc3[nH]2)C1. The summed E-state index contributed by atoms with van der Waals surface area (Å²) in [6.07, 6.45) is 1.79. The van der Waals surface area contributed by atoms with Gasteiger partial charge in [-0.3, -0.25) is 0 Å². The molecule has 0 spiro atoms. The molecule has 0 saturated carbocycles. The summed E-state index contributed by atoms with van der Waals surface area (Å²) >= 11 is 0. The van der Waals surface area contributed by atoms with E-state index in [2.05, 4.69) is 31.6 Å². The van der Waals surface area contributed by atoms with Gasteiger partial charge < -0.3 is 25.3 Å². The second-order valence-electron chi connectivity index (χ2n) is 7.95. The average molecular weight is 419 g/mol. The number of hydrogen-bond donors (Lipinski definition) is 3. The van der Waals surface area contributed by atoms with Gasteiger partial charge in [-0.15, -0.1) is 0 Å². The van der Waals surface area contributed by atoms with Gasteiger partial charge in [-0.2, -0.15) is 5.26 Å². The van der Waals surface area contributed by atoms with Crippen LogP contribution >= 0.6 is 0 Å². The number of nitrogens with zero attached hydrogens (tertiary/aromatic N) is 3. The molecule has 1 saturated heterocycles. The smallest absolute Gasteiger partial charge is 0.319 e. The number of para-hydroxylation sites is 2. The Morgan fingerprint density at radius 2 is 2.16 bits per heavy atom. The number of ether oxygens (including phenoxy) is 1. The number of carbonyl (C=O) groups is 1. The summed E-state index contributed by atoms with van der Waals surface area (Å²) in [6, 6.07) is 14.7. The molecule has 2 amide bonds. The van der Waals surface area contributed by atoms with Crippen molar-refractivity contribution in [3.05, 3.63) is 48.0 Å². The minimum Gasteiger partial charge on any atom is -0.489 e. The van der Waals surface area contributed by atoms with E-state index in [1.807, 2.05) is 38.1 Å². The topological polar surface area (TPSA) is 106 Å². The van der Waals surface area contributed by atoms with Crippen LogP contribution in [0.1, 0.15) is 32.3 Å². The largest absolute Gasteiger partial charge is 0.489 e. The summed E-state index contributed by atoms with van der Waals surface area (Å²) in [5.74, 6) is 1.36. The number of nitrogens with one attached hydrogen (secondary N) is 3. The van der Waals surface area contributed by atoms with Gasteiger partial charge >= 0.3 is 6.03 Å². The van der Waals surface area contributed by atoms with Crippen LogP contribution in [0.5, 0.6) is 5.75 Å². The molecule has 1 aliphatic rings. The lowest BCUT2D eigenvalue weighted by Gasteiger charge is -2.33. The summed E-state index contributed by atoms with van der Waals surface area (Å²) in [5.41, 5.74) is 2.87. The van der Waals surface area contributed by atoms with Gasteiger partial charge in [0.05, 0.1) is 34.5 Å². The molecule has 1 fully saturated rings. The molecule has 2 aromatic carbocycles. The molecular formula is C23H26N6O2. The Morgan fingerprint density at radius 3 is 2.94 bits per heavy atom. The first kappa shape index (κ1) is 20.5. The number of carbonyl (C=O) groups excluding carboxylic acids is 1. The van der Waals surface area contributed by atoms with Crippen molar-refractivity contribution in [3.63, 3.8) is 0 Å². The third kappa shape index (κ3) is 4.89. The van der Waals surface area contributed by atoms with E-state index in [9.17, 15) is 10.1 Å². The van der Waals surface area contributed by atoms with Gasteiger partial charge in [0.1, 0.15) is 5.75 Å². The van der Waals surface area contributed by atoms with Gasteiger partial charge in [0, 0.05) is 19.1 Å². The molecule has 31 heavy (non-hydrogen) atoms. The highest BCUT2D eigenvalue weighted by molar-refractivity contribution is 5.91. The second-order valence-corrected chi connectivity index (χ2v) is 7.95. The van der Waals surface area contributed by atoms with Crippen molar-refractivity contribution in [2.75, 3.05) is 23.3 Å². The Balaban J connectivity index is 1.42. The number of nitriles is 1. The van der Waals surface area contributed by atoms with E-state index in [4.69, 9.17) is 4.74 Å². The number of fused-ring (bicyclic) bond motifs is 1. The molecule has 8 nitrogen and oxygen atoms in total. The van der Waals surface area contributed by atoms with Crippen molar-refractivity contribution >= 4 is 28.7 Å². The zero-order valence-corrected chi connectivity index (χ0v) is 17.7. The Bertz CT molecular complexity index is 1080. The molecular weight excluding hydrogens is 392 g/mol. The molecule has 1 aromatic heterocycles. The number of aromatic nitrogens is 2. The Morgan fingerprint density at radius 1 is 1.32 bits per heavy atom. The van der Waals surface area contributed by atoms with Crippen molar-refractivity contribution in [1.29, 1.82) is 5.26 Å². The van der Waals surface area contributed by atoms with Gasteiger partial charge in [-0.1, -0.05) is 12.1 Å². The fourth-order valence-corrected chi connectivity index (χ4v) is 3.77. The number of urea groups is 1. The zero-order chi connectivity index (χ0) is 21.8. The molecule has 0 bridgehead atoms. The molecule has 3 aromatic rings. The fraction of sp³-hybridized carbons (Fsp3) is 0.348. The highest BCUT2D eigenvalue weighted by atomic mass is 16.5. The number of anilines is 2. The monoisotopic (exact) mass is 418 g/mol. The molecule has 3 N–H and O–H groups in total. The van der Waals surface area contributed by atoms with Crippen LogP contribution in [0.4, 0.5) is 16.4 Å². The Labute approximate surface area is 181 Å². The van der Waals surface area contributed by atoms with Crippen molar-refractivity contribution in [2.24, 2.45) is 0 Å². The minimum atomic E-state index is -0.319. The normalized spacial score (nSPS) is 16.2. The maximum Gasteiger partial charge on any atom is 0.319 e. The van der Waals surface area contributed by atoms with E-state index in [1.54, 1.807) is 18.2 Å². The van der Waals surface area contributed by atoms with E-state index in [1.165, 1.54) is 0 Å². The lowest BCUT2D eigenvalue weighted by molar-refractivity contribution is 0.240. The number of hydrogen-bond acceptors (Lipinski definition) is 5. The van der Waals surface area contributed by atoms with Crippen LogP contribution in [-0.2, 0) is 0 Å². The predicted molar refractivity (Wildman–Crippen MR) is 120 cm³/mol. The zero-order valence-electron chi connectivity index (χ0n) is 17.7. The van der Waals surface area contributed by atoms with Crippen LogP contribution in [0, 0.1) is 11.3 Å². The van der Waals surface area contributed by atoms with Crippen molar-refractivity contribution < 1.29 is 9.53 Å². The molecule has 1 atom stereocenters. The van der Waals surface area contributed by atoms with E-state index in [-0.39, 0.29) is 18.2 Å². The van der Waals surface area contributed by atoms with Gasteiger partial charge in [0.15, 0.2) is 0 Å². The third-order valence-corrected chi connectivity index (χ3v) is 5.15. The fourth-order valence-electron chi connectivity index (χ4n) is 3.77. The van der Waals surface area contributed by atoms with Crippen molar-refractivity contribution in [2.45, 2.75) is 38.8 Å². The average Bonchev–Trinajstić information content (AvgIpc) is 3.19. The molecule has 160 valence electrons. The van der Waals surface area contributed by atoms with E-state index in [0.717, 1.165) is 36.4 Å². The number of benzene rings is 2. The molecule has 0 radical (unpaired) electrons. The maximum atomic E-state index is 12.7. The van der Waals surface area contributed by atoms with E-state index < -0.39 is 0 Å². The lowest BCUT2D eigenvalue weighted by atomic mass is 10.1. The molecule has 4 rings (SSSR count). The molecule has 0 aliphatic carbocycles. The van der Waals surface area contributed by atoms with Crippen LogP contribution < -0.4 is 20.3 Å². The number of piperidine rings is 1. The highest BCUT2D eigenvalue weighted by Gasteiger charge is 2.24. The number of rotatable bonds is 5. The molecule has 1 unspecified atom stereocenters. The minimum absolute atomic E-state index is 0.0180. The second kappa shape index (κ2) is 8.96. The molecule has 2 heterocycles. The number of amides is 2. The number of imidazole rings is 1. The first-order valence-electron chi connectivity index (χ1n) is 10.5. The van der Waals surface area contributed by atoms with Crippen LogP contribution in [0.15, 0.2) is 42.5 Å². The van der Waals surface area contributed by atoms with Crippen LogP contribution in [0.3, 0.4) is 0 Å². The maximum absolute atomic E-state index is 12.7. The van der Waals surface area contributed by atoms with Gasteiger partial charge in [-0.25, -0.2) is 9.78 Å². The van der Waals surface area contributed by atoms with Crippen molar-refractivity contribution in [3.8, 4) is 11.8 Å². The van der Waals surface area contributed by atoms with Gasteiger partial charge in [-0.05, 0) is 57.0 Å². The van der Waals surface area contributed by atoms with Crippen molar-refractivity contribution in [1.82, 2.24) is 15.3 Å². The summed E-state index contributed by atoms with van der Waals surface area (Å²) in [4.78, 5) is 22.9. The first-order chi connectivity index (χ1) is 15.0. The van der Waals surface area contributed by atoms with Crippen LogP contribution in [-0.4, -0.2) is 41.2 Å². The van der Waals surface area contributed by atoms with Crippen LogP contribution in [0.25, 0.3) is 11.0 Å². The van der Waals surface area contributed by atoms with Gasteiger partial charge in [0.25, 0.3) is 0 Å². The third-order valence-electron chi connectivity index (χ3n) is 5.15. The predicted octanol–water partition coefficient (Wildman–Crippen LogP) is 4.01. The standard InChI is InChI=1S/C23H26N6O2/c1-15(2)31-21-10-9-16(13-24)12-20(21)28-23(30)25-17-6-5-11-29(14-17)22-26-18-7-3-4-8-19(18)27-22/h3-4,7-10,12,15,17H,5-6,11,14H2,1-2H3,(H,26,27)(H2,25,28,30). The number of aromatic amines is 1. The van der Waals surface area contributed by atoms with E-state index in [0.29, 0.717) is 23.5 Å². The summed E-state index contributed by atoms with van der Waals surface area (Å²) in [7, 11) is 0. The summed E-state index contributed by atoms with van der Waals surface area (Å²) in [6.45, 7) is 5.38. The Hall–Kier alpha value is -3.73. The van der Waals surface area contributed by atoms with E-state index >= 15 is 0 Å². The molecule has 8 heteroatoms. The lowest BCUT2D eigenvalue weighted by Crippen LogP contribution is -2.49. The number of H-pyrrole nitrogens is 1. The van der Waals surface area contributed by atoms with Gasteiger partial charge in [0.2, 0.25) is 5.95 Å². The molecule has 1 aliphatic heterocycles.